The fourth-order valence-corrected chi connectivity index (χ4v) is 2.07. The number of nitrogens with one attached hydrogen (secondary N) is 1. The number of halogens is 3. The summed E-state index contributed by atoms with van der Waals surface area (Å²) in [5.74, 6) is -0.525. The van der Waals surface area contributed by atoms with Gasteiger partial charge in [0.05, 0.1) is 5.56 Å². The van der Waals surface area contributed by atoms with E-state index in [4.69, 9.17) is 0 Å². The molecule has 0 aliphatic heterocycles. The first kappa shape index (κ1) is 16.0. The number of hydrogen-bond donors (Lipinski definition) is 1. The number of carbonyl (C=O) groups is 1. The van der Waals surface area contributed by atoms with Crippen LogP contribution in [0.2, 0.25) is 0 Å². The smallest absolute Gasteiger partial charge is 0.349 e. The molecule has 0 radical (unpaired) electrons. The van der Waals surface area contributed by atoms with E-state index in [1.807, 2.05) is 6.07 Å². The molecule has 0 saturated carbocycles. The second-order valence-electron chi connectivity index (χ2n) is 5.02. The second-order valence-corrected chi connectivity index (χ2v) is 5.02. The van der Waals surface area contributed by atoms with Gasteiger partial charge in [0.15, 0.2) is 0 Å². The molecule has 116 valence electrons. The van der Waals surface area contributed by atoms with E-state index < -0.39 is 17.6 Å². The standard InChI is InChI=1S/C16H15F3N2O/c1-11(8-12-4-3-7-20-10-12)21-15(22)13-5-2-6-14(9-13)16(17,18)19/h2-7,9-11H,8H2,1H3,(H,21,22)/t11-/m0/s1. The highest BCUT2D eigenvalue weighted by Crippen LogP contribution is 2.29. The summed E-state index contributed by atoms with van der Waals surface area (Å²) >= 11 is 0. The zero-order chi connectivity index (χ0) is 16.2. The van der Waals surface area contributed by atoms with Crippen molar-refractivity contribution in [2.24, 2.45) is 0 Å². The summed E-state index contributed by atoms with van der Waals surface area (Å²) in [5.41, 5.74) is 0.104. The van der Waals surface area contributed by atoms with Gasteiger partial charge in [-0.05, 0) is 43.2 Å². The predicted octanol–water partition coefficient (Wildman–Crippen LogP) is 3.46. The number of rotatable bonds is 4. The molecular weight excluding hydrogens is 293 g/mol. The van der Waals surface area contributed by atoms with Gasteiger partial charge in [-0.1, -0.05) is 12.1 Å². The number of benzene rings is 1. The van der Waals surface area contributed by atoms with Crippen LogP contribution in [0.25, 0.3) is 0 Å². The van der Waals surface area contributed by atoms with Gasteiger partial charge in [0.2, 0.25) is 0 Å². The quantitative estimate of drug-likeness (QED) is 0.940. The predicted molar refractivity (Wildman–Crippen MR) is 76.3 cm³/mol. The van der Waals surface area contributed by atoms with Crippen molar-refractivity contribution >= 4 is 5.91 Å². The molecule has 6 heteroatoms. The van der Waals surface area contributed by atoms with Gasteiger partial charge in [-0.25, -0.2) is 0 Å². The van der Waals surface area contributed by atoms with E-state index >= 15 is 0 Å². The number of aromatic nitrogens is 1. The third kappa shape index (κ3) is 4.31. The molecule has 1 N–H and O–H groups in total. The Morgan fingerprint density at radius 2 is 2.05 bits per heavy atom. The number of nitrogens with zero attached hydrogens (tertiary/aromatic N) is 1. The highest BCUT2D eigenvalue weighted by molar-refractivity contribution is 5.94. The van der Waals surface area contributed by atoms with Crippen LogP contribution in [0.1, 0.15) is 28.4 Å². The van der Waals surface area contributed by atoms with Crippen molar-refractivity contribution in [3.05, 3.63) is 65.5 Å². The molecule has 0 spiro atoms. The zero-order valence-electron chi connectivity index (χ0n) is 11.9. The van der Waals surface area contributed by atoms with Crippen LogP contribution >= 0.6 is 0 Å². The molecule has 22 heavy (non-hydrogen) atoms. The molecule has 0 bridgehead atoms. The van der Waals surface area contributed by atoms with Crippen molar-refractivity contribution in [3.8, 4) is 0 Å². The van der Waals surface area contributed by atoms with E-state index in [2.05, 4.69) is 10.3 Å². The average Bonchev–Trinajstić information content (AvgIpc) is 2.47. The molecule has 0 aliphatic rings. The Kier molecular flexibility index (Phi) is 4.80. The number of alkyl halides is 3. The molecule has 2 aromatic rings. The third-order valence-electron chi connectivity index (χ3n) is 3.09. The molecule has 0 saturated heterocycles. The van der Waals surface area contributed by atoms with Crippen molar-refractivity contribution in [1.82, 2.24) is 10.3 Å². The highest BCUT2D eigenvalue weighted by atomic mass is 19.4. The van der Waals surface area contributed by atoms with Crippen LogP contribution in [-0.4, -0.2) is 16.9 Å². The summed E-state index contributed by atoms with van der Waals surface area (Å²) in [7, 11) is 0. The first-order valence-corrected chi connectivity index (χ1v) is 6.73. The third-order valence-corrected chi connectivity index (χ3v) is 3.09. The maximum Gasteiger partial charge on any atom is 0.416 e. The topological polar surface area (TPSA) is 42.0 Å². The number of pyridine rings is 1. The van der Waals surface area contributed by atoms with Crippen LogP contribution in [0.5, 0.6) is 0 Å². The molecule has 1 aromatic carbocycles. The minimum atomic E-state index is -4.46. The lowest BCUT2D eigenvalue weighted by molar-refractivity contribution is -0.137. The maximum atomic E-state index is 12.6. The number of carbonyl (C=O) groups excluding carboxylic acids is 1. The molecule has 1 aromatic heterocycles. The van der Waals surface area contributed by atoms with Crippen molar-refractivity contribution in [2.45, 2.75) is 25.6 Å². The largest absolute Gasteiger partial charge is 0.416 e. The van der Waals surface area contributed by atoms with Gasteiger partial charge in [-0.3, -0.25) is 9.78 Å². The summed E-state index contributed by atoms with van der Waals surface area (Å²) in [4.78, 5) is 16.0. The first-order chi connectivity index (χ1) is 10.4. The monoisotopic (exact) mass is 308 g/mol. The summed E-state index contributed by atoms with van der Waals surface area (Å²) in [6, 6.07) is 7.83. The molecule has 3 nitrogen and oxygen atoms in total. The fraction of sp³-hybridized carbons (Fsp3) is 0.250. The summed E-state index contributed by atoms with van der Waals surface area (Å²) in [6.07, 6.45) is -0.571. The van der Waals surface area contributed by atoms with Gasteiger partial charge >= 0.3 is 6.18 Å². The van der Waals surface area contributed by atoms with E-state index in [-0.39, 0.29) is 11.6 Å². The van der Waals surface area contributed by atoms with Crippen LogP contribution < -0.4 is 5.32 Å². The molecule has 0 fully saturated rings. The van der Waals surface area contributed by atoms with Crippen LogP contribution in [0.15, 0.2) is 48.8 Å². The molecule has 1 atom stereocenters. The van der Waals surface area contributed by atoms with Gasteiger partial charge in [0, 0.05) is 24.0 Å². The van der Waals surface area contributed by atoms with Crippen molar-refractivity contribution in [2.75, 3.05) is 0 Å². The Bertz CT molecular complexity index is 641. The van der Waals surface area contributed by atoms with Crippen LogP contribution in [0, 0.1) is 0 Å². The van der Waals surface area contributed by atoms with Crippen LogP contribution in [0.4, 0.5) is 13.2 Å². The molecule has 1 amide bonds. The average molecular weight is 308 g/mol. The van der Waals surface area contributed by atoms with Gasteiger partial charge in [0.25, 0.3) is 5.91 Å². The lowest BCUT2D eigenvalue weighted by atomic mass is 10.1. The van der Waals surface area contributed by atoms with Crippen LogP contribution in [0.3, 0.4) is 0 Å². The molecule has 1 heterocycles. The van der Waals surface area contributed by atoms with Crippen molar-refractivity contribution in [3.63, 3.8) is 0 Å². The van der Waals surface area contributed by atoms with Gasteiger partial charge in [-0.15, -0.1) is 0 Å². The Hall–Kier alpha value is -2.37. The Morgan fingerprint density at radius 1 is 1.27 bits per heavy atom. The van der Waals surface area contributed by atoms with E-state index in [0.717, 1.165) is 17.7 Å². The van der Waals surface area contributed by atoms with E-state index in [0.29, 0.717) is 6.42 Å². The van der Waals surface area contributed by atoms with Gasteiger partial charge < -0.3 is 5.32 Å². The number of amides is 1. The molecule has 0 unspecified atom stereocenters. The summed E-state index contributed by atoms with van der Waals surface area (Å²) in [5, 5.41) is 2.69. The van der Waals surface area contributed by atoms with Gasteiger partial charge in [0.1, 0.15) is 0 Å². The van der Waals surface area contributed by atoms with Crippen LogP contribution in [-0.2, 0) is 12.6 Å². The van der Waals surface area contributed by atoms with E-state index in [9.17, 15) is 18.0 Å². The molecule has 2 rings (SSSR count). The highest BCUT2D eigenvalue weighted by Gasteiger charge is 2.30. The zero-order valence-corrected chi connectivity index (χ0v) is 11.9. The lowest BCUT2D eigenvalue weighted by Gasteiger charge is -2.14. The summed E-state index contributed by atoms with van der Waals surface area (Å²) in [6.45, 7) is 1.79. The SMILES string of the molecule is C[C@@H](Cc1cccnc1)NC(=O)c1cccc(C(F)(F)F)c1. The van der Waals surface area contributed by atoms with E-state index in [1.54, 1.807) is 25.4 Å². The second kappa shape index (κ2) is 6.60. The minimum Gasteiger partial charge on any atom is -0.349 e. The normalized spacial score (nSPS) is 12.7. The van der Waals surface area contributed by atoms with Crippen molar-refractivity contribution in [1.29, 1.82) is 0 Å². The maximum absolute atomic E-state index is 12.6. The van der Waals surface area contributed by atoms with Gasteiger partial charge in [-0.2, -0.15) is 13.2 Å². The lowest BCUT2D eigenvalue weighted by Crippen LogP contribution is -2.34. The molecular formula is C16H15F3N2O. The molecule has 0 aliphatic carbocycles. The fourth-order valence-electron chi connectivity index (χ4n) is 2.07. The number of hydrogen-bond acceptors (Lipinski definition) is 2. The van der Waals surface area contributed by atoms with Crippen molar-refractivity contribution < 1.29 is 18.0 Å². The minimum absolute atomic E-state index is 0.00661. The Labute approximate surface area is 126 Å². The first-order valence-electron chi connectivity index (χ1n) is 6.73. The summed E-state index contributed by atoms with van der Waals surface area (Å²) < 4.78 is 37.9. The van der Waals surface area contributed by atoms with E-state index in [1.165, 1.54) is 12.1 Å². The Balaban J connectivity index is 2.03. The Morgan fingerprint density at radius 3 is 2.68 bits per heavy atom.